The first-order valence-electron chi connectivity index (χ1n) is 10.4. The first kappa shape index (κ1) is 20.2. The molecule has 31 heavy (non-hydrogen) atoms. The molecule has 4 aromatic rings. The van der Waals surface area contributed by atoms with Crippen molar-refractivity contribution in [3.8, 4) is 5.00 Å². The van der Waals surface area contributed by atoms with E-state index >= 15 is 0 Å². The number of carbonyl (C=O) groups excluding carboxylic acids is 1. The van der Waals surface area contributed by atoms with E-state index in [9.17, 15) is 4.79 Å². The largest absolute Gasteiger partial charge is 0.337 e. The third-order valence-corrected chi connectivity index (χ3v) is 7.91. The molecule has 0 saturated heterocycles. The second kappa shape index (κ2) is 8.77. The summed E-state index contributed by atoms with van der Waals surface area (Å²) >= 11 is 3.70. The van der Waals surface area contributed by atoms with E-state index < -0.39 is 0 Å². The number of thioether (sulfide) groups is 1. The maximum atomic E-state index is 13.6. The molecule has 0 unspecified atom stereocenters. The summed E-state index contributed by atoms with van der Waals surface area (Å²) in [6.07, 6.45) is 8.90. The molecule has 1 aromatic carbocycles. The van der Waals surface area contributed by atoms with Crippen LogP contribution in [0.4, 0.5) is 0 Å². The number of hydrogen-bond acceptors (Lipinski definition) is 4. The minimum Gasteiger partial charge on any atom is -0.337 e. The SMILES string of the molecule is CN(Cc1cnn(Cc2ccccc2)c1)C(=O)c1c(-n2cccc2)sc2c1CCSC2. The number of benzene rings is 1. The van der Waals surface area contributed by atoms with Gasteiger partial charge in [0.1, 0.15) is 5.00 Å². The second-order valence-electron chi connectivity index (χ2n) is 7.77. The number of aromatic nitrogens is 3. The monoisotopic (exact) mass is 448 g/mol. The van der Waals surface area contributed by atoms with E-state index in [0.29, 0.717) is 6.54 Å². The molecular formula is C24H24N4OS2. The first-order valence-corrected chi connectivity index (χ1v) is 12.3. The molecule has 7 heteroatoms. The molecule has 0 saturated carbocycles. The average molecular weight is 449 g/mol. The van der Waals surface area contributed by atoms with Crippen molar-refractivity contribution in [2.45, 2.75) is 25.3 Å². The minimum absolute atomic E-state index is 0.0870. The number of nitrogens with zero attached hydrogens (tertiary/aromatic N) is 4. The molecule has 5 rings (SSSR count). The quantitative estimate of drug-likeness (QED) is 0.424. The second-order valence-corrected chi connectivity index (χ2v) is 9.96. The van der Waals surface area contributed by atoms with Gasteiger partial charge in [-0.3, -0.25) is 9.48 Å². The van der Waals surface area contributed by atoms with Gasteiger partial charge in [0.25, 0.3) is 5.91 Å². The van der Waals surface area contributed by atoms with E-state index in [4.69, 9.17) is 0 Å². The van der Waals surface area contributed by atoms with Gasteiger partial charge in [0.15, 0.2) is 0 Å². The number of thiophene rings is 1. The Morgan fingerprint density at radius 1 is 1.13 bits per heavy atom. The predicted molar refractivity (Wildman–Crippen MR) is 127 cm³/mol. The molecule has 5 nitrogen and oxygen atoms in total. The lowest BCUT2D eigenvalue weighted by atomic mass is 10.1. The number of fused-ring (bicyclic) bond motifs is 1. The van der Waals surface area contributed by atoms with Crippen LogP contribution in [0, 0.1) is 0 Å². The maximum Gasteiger partial charge on any atom is 0.257 e. The molecule has 0 atom stereocenters. The molecule has 0 radical (unpaired) electrons. The summed E-state index contributed by atoms with van der Waals surface area (Å²) in [7, 11) is 1.89. The van der Waals surface area contributed by atoms with Crippen LogP contribution in [0.3, 0.4) is 0 Å². The third-order valence-electron chi connectivity index (χ3n) is 5.50. The number of rotatable bonds is 6. The van der Waals surface area contributed by atoms with Crippen molar-refractivity contribution in [3.05, 3.63) is 94.4 Å². The molecule has 0 fully saturated rings. The highest BCUT2D eigenvalue weighted by atomic mass is 32.2. The molecule has 3 aromatic heterocycles. The summed E-state index contributed by atoms with van der Waals surface area (Å²) in [5, 5.41) is 5.53. The lowest BCUT2D eigenvalue weighted by molar-refractivity contribution is 0.0784. The summed E-state index contributed by atoms with van der Waals surface area (Å²) in [5.41, 5.74) is 4.36. The van der Waals surface area contributed by atoms with Gasteiger partial charge in [-0.15, -0.1) is 11.3 Å². The van der Waals surface area contributed by atoms with E-state index in [-0.39, 0.29) is 5.91 Å². The Morgan fingerprint density at radius 2 is 1.94 bits per heavy atom. The Hall–Kier alpha value is -2.77. The number of hydrogen-bond donors (Lipinski definition) is 0. The lowest BCUT2D eigenvalue weighted by Gasteiger charge is -2.19. The highest BCUT2D eigenvalue weighted by molar-refractivity contribution is 7.98. The standard InChI is InChI=1S/C24H24N4OS2/c1-26(14-19-13-25-28(16-19)15-18-7-3-2-4-8-18)23(29)22-20-9-12-30-17-21(20)31-24(22)27-10-5-6-11-27/h2-8,10-11,13,16H,9,12,14-15,17H2,1H3. The Kier molecular flexibility index (Phi) is 5.70. The fourth-order valence-electron chi connectivity index (χ4n) is 3.97. The summed E-state index contributed by atoms with van der Waals surface area (Å²) in [6, 6.07) is 14.3. The Balaban J connectivity index is 1.37. The van der Waals surface area contributed by atoms with Crippen LogP contribution in [-0.2, 0) is 25.3 Å². The molecule has 0 aliphatic carbocycles. The van der Waals surface area contributed by atoms with Crippen LogP contribution >= 0.6 is 23.1 Å². The molecule has 0 N–H and O–H groups in total. The van der Waals surface area contributed by atoms with Crippen molar-refractivity contribution in [3.63, 3.8) is 0 Å². The van der Waals surface area contributed by atoms with E-state index in [2.05, 4.69) is 21.8 Å². The normalized spacial score (nSPS) is 13.2. The molecular weight excluding hydrogens is 424 g/mol. The van der Waals surface area contributed by atoms with Crippen molar-refractivity contribution in [1.82, 2.24) is 19.2 Å². The summed E-state index contributed by atoms with van der Waals surface area (Å²) in [4.78, 5) is 16.7. The van der Waals surface area contributed by atoms with Gasteiger partial charge in [-0.1, -0.05) is 30.3 Å². The van der Waals surface area contributed by atoms with Crippen molar-refractivity contribution in [2.75, 3.05) is 12.8 Å². The van der Waals surface area contributed by atoms with Gasteiger partial charge < -0.3 is 9.47 Å². The van der Waals surface area contributed by atoms with E-state index in [1.54, 1.807) is 11.3 Å². The zero-order chi connectivity index (χ0) is 21.2. The van der Waals surface area contributed by atoms with E-state index in [0.717, 1.165) is 40.6 Å². The molecule has 4 heterocycles. The summed E-state index contributed by atoms with van der Waals surface area (Å²) in [5.74, 6) is 2.16. The molecule has 0 bridgehead atoms. The van der Waals surface area contributed by atoms with Crippen LogP contribution in [0.25, 0.3) is 5.00 Å². The minimum atomic E-state index is 0.0870. The fraction of sp³-hybridized carbons (Fsp3) is 0.250. The van der Waals surface area contributed by atoms with Gasteiger partial charge >= 0.3 is 0 Å². The van der Waals surface area contributed by atoms with Crippen LogP contribution in [0.1, 0.15) is 31.9 Å². The maximum absolute atomic E-state index is 13.6. The Labute approximate surface area is 190 Å². The van der Waals surface area contributed by atoms with Crippen molar-refractivity contribution in [2.24, 2.45) is 0 Å². The van der Waals surface area contributed by atoms with Crippen LogP contribution in [-0.4, -0.2) is 38.0 Å². The summed E-state index contributed by atoms with van der Waals surface area (Å²) < 4.78 is 4.00. The Morgan fingerprint density at radius 3 is 2.74 bits per heavy atom. The third kappa shape index (κ3) is 4.20. The van der Waals surface area contributed by atoms with E-state index in [1.807, 2.05) is 83.5 Å². The smallest absolute Gasteiger partial charge is 0.257 e. The van der Waals surface area contributed by atoms with Gasteiger partial charge in [-0.25, -0.2) is 0 Å². The van der Waals surface area contributed by atoms with Crippen LogP contribution in [0.5, 0.6) is 0 Å². The topological polar surface area (TPSA) is 43.1 Å². The molecule has 0 spiro atoms. The molecule has 1 aliphatic heterocycles. The lowest BCUT2D eigenvalue weighted by Crippen LogP contribution is -2.27. The molecule has 158 valence electrons. The van der Waals surface area contributed by atoms with Gasteiger partial charge in [0.05, 0.1) is 18.3 Å². The van der Waals surface area contributed by atoms with Gasteiger partial charge in [-0.05, 0) is 35.4 Å². The zero-order valence-corrected chi connectivity index (χ0v) is 19.0. The highest BCUT2D eigenvalue weighted by Crippen LogP contribution is 2.39. The summed E-state index contributed by atoms with van der Waals surface area (Å²) in [6.45, 7) is 1.27. The van der Waals surface area contributed by atoms with Gasteiger partial charge in [-0.2, -0.15) is 16.9 Å². The highest BCUT2D eigenvalue weighted by Gasteiger charge is 2.28. The van der Waals surface area contributed by atoms with Crippen LogP contribution in [0.15, 0.2) is 67.3 Å². The van der Waals surface area contributed by atoms with Crippen molar-refractivity contribution >= 4 is 29.0 Å². The van der Waals surface area contributed by atoms with Crippen molar-refractivity contribution < 1.29 is 4.79 Å². The predicted octanol–water partition coefficient (Wildman–Crippen LogP) is 4.85. The average Bonchev–Trinajstić information content (AvgIpc) is 3.53. The zero-order valence-electron chi connectivity index (χ0n) is 17.4. The van der Waals surface area contributed by atoms with Crippen LogP contribution in [0.2, 0.25) is 0 Å². The number of amides is 1. The van der Waals surface area contributed by atoms with Crippen molar-refractivity contribution in [1.29, 1.82) is 0 Å². The molecule has 1 amide bonds. The first-order chi connectivity index (χ1) is 15.2. The fourth-order valence-corrected chi connectivity index (χ4v) is 6.41. The van der Waals surface area contributed by atoms with Crippen LogP contribution < -0.4 is 0 Å². The van der Waals surface area contributed by atoms with E-state index in [1.165, 1.54) is 16.0 Å². The molecule has 1 aliphatic rings. The Bertz CT molecular complexity index is 1180. The van der Waals surface area contributed by atoms with Gasteiger partial charge in [0, 0.05) is 48.4 Å². The number of carbonyl (C=O) groups is 1. The van der Waals surface area contributed by atoms with Gasteiger partial charge in [0.2, 0.25) is 0 Å².